The van der Waals surface area contributed by atoms with E-state index in [4.69, 9.17) is 0 Å². The number of likely N-dealkylation sites (tertiary alicyclic amines) is 1. The summed E-state index contributed by atoms with van der Waals surface area (Å²) in [7, 11) is 0. The van der Waals surface area contributed by atoms with Crippen LogP contribution in [0.2, 0.25) is 0 Å². The van der Waals surface area contributed by atoms with Gasteiger partial charge in [-0.05, 0) is 25.0 Å². The van der Waals surface area contributed by atoms with Crippen LogP contribution in [0.25, 0.3) is 10.9 Å². The number of carbonyl (C=O) groups is 1. The highest BCUT2D eigenvalue weighted by Gasteiger charge is 2.21. The molecule has 16 heavy (non-hydrogen) atoms. The van der Waals surface area contributed by atoms with Crippen molar-refractivity contribution in [1.82, 2.24) is 9.88 Å². The first-order valence-corrected chi connectivity index (χ1v) is 5.71. The molecule has 0 radical (unpaired) electrons. The summed E-state index contributed by atoms with van der Waals surface area (Å²) in [5, 5.41) is 1.10. The number of nitrogens with one attached hydrogen (secondary N) is 1. The fourth-order valence-electron chi connectivity index (χ4n) is 2.35. The Morgan fingerprint density at radius 1 is 1.19 bits per heavy atom. The Hall–Kier alpha value is -1.77. The Labute approximate surface area is 94.1 Å². The molecule has 1 N–H and O–H groups in total. The Bertz CT molecular complexity index is 523. The Morgan fingerprint density at radius 3 is 2.81 bits per heavy atom. The van der Waals surface area contributed by atoms with Crippen molar-refractivity contribution in [2.45, 2.75) is 12.8 Å². The van der Waals surface area contributed by atoms with E-state index in [0.717, 1.165) is 42.4 Å². The van der Waals surface area contributed by atoms with Crippen molar-refractivity contribution in [2.75, 3.05) is 13.1 Å². The molecule has 2 aromatic rings. The van der Waals surface area contributed by atoms with Crippen LogP contribution >= 0.6 is 0 Å². The number of para-hydroxylation sites is 1. The number of rotatable bonds is 1. The number of amides is 1. The molecule has 1 aromatic carbocycles. The van der Waals surface area contributed by atoms with Crippen LogP contribution in [-0.2, 0) is 0 Å². The average molecular weight is 214 g/mol. The van der Waals surface area contributed by atoms with Crippen LogP contribution in [0.3, 0.4) is 0 Å². The molecule has 1 saturated heterocycles. The minimum atomic E-state index is 0.158. The first-order valence-electron chi connectivity index (χ1n) is 5.71. The van der Waals surface area contributed by atoms with Crippen LogP contribution in [-0.4, -0.2) is 28.9 Å². The van der Waals surface area contributed by atoms with E-state index in [-0.39, 0.29) is 5.91 Å². The van der Waals surface area contributed by atoms with E-state index in [2.05, 4.69) is 4.98 Å². The molecule has 0 saturated carbocycles. The second-order valence-corrected chi connectivity index (χ2v) is 4.25. The summed E-state index contributed by atoms with van der Waals surface area (Å²) in [6.07, 6.45) is 4.14. The molecule has 1 aliphatic rings. The molecule has 0 bridgehead atoms. The van der Waals surface area contributed by atoms with Gasteiger partial charge in [0, 0.05) is 24.7 Å². The fourth-order valence-corrected chi connectivity index (χ4v) is 2.35. The number of hydrogen-bond acceptors (Lipinski definition) is 1. The number of aromatic amines is 1. The maximum atomic E-state index is 12.3. The molecule has 1 aliphatic heterocycles. The van der Waals surface area contributed by atoms with E-state index in [1.165, 1.54) is 0 Å². The summed E-state index contributed by atoms with van der Waals surface area (Å²) < 4.78 is 0. The highest BCUT2D eigenvalue weighted by Crippen LogP contribution is 2.20. The second-order valence-electron chi connectivity index (χ2n) is 4.25. The lowest BCUT2D eigenvalue weighted by atomic mass is 10.1. The van der Waals surface area contributed by atoms with E-state index >= 15 is 0 Å². The second kappa shape index (κ2) is 3.67. The van der Waals surface area contributed by atoms with Gasteiger partial charge >= 0.3 is 0 Å². The lowest BCUT2D eigenvalue weighted by molar-refractivity contribution is 0.0794. The smallest absolute Gasteiger partial charge is 0.255 e. The van der Waals surface area contributed by atoms with Gasteiger partial charge in [0.15, 0.2) is 0 Å². The van der Waals surface area contributed by atoms with Gasteiger partial charge in [-0.1, -0.05) is 12.1 Å². The zero-order chi connectivity index (χ0) is 11.0. The minimum Gasteiger partial charge on any atom is -0.361 e. The summed E-state index contributed by atoms with van der Waals surface area (Å²) in [5.41, 5.74) is 1.75. The Balaban J connectivity index is 2.04. The summed E-state index contributed by atoms with van der Waals surface area (Å²) in [4.78, 5) is 17.3. The van der Waals surface area contributed by atoms with Crippen LogP contribution in [0, 0.1) is 0 Å². The van der Waals surface area contributed by atoms with Gasteiger partial charge in [-0.25, -0.2) is 0 Å². The van der Waals surface area contributed by atoms with Gasteiger partial charge in [0.25, 0.3) is 5.91 Å². The first kappa shape index (κ1) is 9.46. The van der Waals surface area contributed by atoms with Gasteiger partial charge in [0.1, 0.15) is 0 Å². The normalized spacial score (nSPS) is 15.9. The van der Waals surface area contributed by atoms with Gasteiger partial charge in [0.05, 0.1) is 11.1 Å². The van der Waals surface area contributed by atoms with Crippen LogP contribution in [0.4, 0.5) is 0 Å². The number of nitrogens with zero attached hydrogens (tertiary/aromatic N) is 1. The fraction of sp³-hybridized carbons (Fsp3) is 0.308. The number of hydrogen-bond donors (Lipinski definition) is 1. The number of benzene rings is 1. The van der Waals surface area contributed by atoms with Crippen LogP contribution in [0.1, 0.15) is 23.2 Å². The zero-order valence-corrected chi connectivity index (χ0v) is 9.07. The molecule has 0 unspecified atom stereocenters. The van der Waals surface area contributed by atoms with Crippen molar-refractivity contribution in [3.63, 3.8) is 0 Å². The predicted molar refractivity (Wildman–Crippen MR) is 63.4 cm³/mol. The van der Waals surface area contributed by atoms with Gasteiger partial charge in [0.2, 0.25) is 0 Å². The van der Waals surface area contributed by atoms with E-state index in [1.54, 1.807) is 0 Å². The Kier molecular flexibility index (Phi) is 2.17. The molecule has 2 heterocycles. The topological polar surface area (TPSA) is 36.1 Å². The van der Waals surface area contributed by atoms with Crippen molar-refractivity contribution in [2.24, 2.45) is 0 Å². The van der Waals surface area contributed by atoms with Crippen LogP contribution in [0.15, 0.2) is 30.5 Å². The summed E-state index contributed by atoms with van der Waals surface area (Å²) in [6.45, 7) is 1.80. The highest BCUT2D eigenvalue weighted by molar-refractivity contribution is 6.05. The third-order valence-electron chi connectivity index (χ3n) is 3.21. The quantitative estimate of drug-likeness (QED) is 0.777. The SMILES string of the molecule is O=C(c1cccc2cc[nH]c12)N1CCCC1. The zero-order valence-electron chi connectivity index (χ0n) is 9.07. The largest absolute Gasteiger partial charge is 0.361 e. The van der Waals surface area contributed by atoms with Gasteiger partial charge in [-0.15, -0.1) is 0 Å². The van der Waals surface area contributed by atoms with Crippen molar-refractivity contribution in [1.29, 1.82) is 0 Å². The molecule has 82 valence electrons. The number of fused-ring (bicyclic) bond motifs is 1. The summed E-state index contributed by atoms with van der Waals surface area (Å²) >= 11 is 0. The van der Waals surface area contributed by atoms with Gasteiger partial charge in [-0.3, -0.25) is 4.79 Å². The van der Waals surface area contributed by atoms with Crippen LogP contribution < -0.4 is 0 Å². The molecule has 1 aromatic heterocycles. The lowest BCUT2D eigenvalue weighted by Crippen LogP contribution is -2.27. The molecule has 0 atom stereocenters. The summed E-state index contributed by atoms with van der Waals surface area (Å²) in [5.74, 6) is 0.158. The van der Waals surface area contributed by atoms with Crippen LogP contribution in [0.5, 0.6) is 0 Å². The lowest BCUT2D eigenvalue weighted by Gasteiger charge is -2.15. The van der Waals surface area contributed by atoms with E-state index in [1.807, 2.05) is 35.4 Å². The highest BCUT2D eigenvalue weighted by atomic mass is 16.2. The van der Waals surface area contributed by atoms with Gasteiger partial charge < -0.3 is 9.88 Å². The van der Waals surface area contributed by atoms with Crippen molar-refractivity contribution >= 4 is 16.8 Å². The molecule has 0 spiro atoms. The standard InChI is InChI=1S/C13H14N2O/c16-13(15-8-1-2-9-15)11-5-3-4-10-6-7-14-12(10)11/h3-7,14H,1-2,8-9H2. The van der Waals surface area contributed by atoms with E-state index < -0.39 is 0 Å². The maximum absolute atomic E-state index is 12.3. The van der Waals surface area contributed by atoms with E-state index in [9.17, 15) is 4.79 Å². The van der Waals surface area contributed by atoms with Crippen molar-refractivity contribution < 1.29 is 4.79 Å². The average Bonchev–Trinajstić information content (AvgIpc) is 2.98. The number of aromatic nitrogens is 1. The van der Waals surface area contributed by atoms with E-state index in [0.29, 0.717) is 0 Å². The third-order valence-corrected chi connectivity index (χ3v) is 3.21. The third kappa shape index (κ3) is 1.40. The minimum absolute atomic E-state index is 0.158. The summed E-state index contributed by atoms with van der Waals surface area (Å²) in [6, 6.07) is 7.86. The first-order chi connectivity index (χ1) is 7.86. The number of H-pyrrole nitrogens is 1. The van der Waals surface area contributed by atoms with Crippen molar-refractivity contribution in [3.8, 4) is 0 Å². The molecule has 1 fully saturated rings. The van der Waals surface area contributed by atoms with Gasteiger partial charge in [-0.2, -0.15) is 0 Å². The Morgan fingerprint density at radius 2 is 2.00 bits per heavy atom. The predicted octanol–water partition coefficient (Wildman–Crippen LogP) is 2.40. The molecular weight excluding hydrogens is 200 g/mol. The molecule has 3 rings (SSSR count). The monoisotopic (exact) mass is 214 g/mol. The van der Waals surface area contributed by atoms with Crippen molar-refractivity contribution in [3.05, 3.63) is 36.0 Å². The molecule has 1 amide bonds. The number of carbonyl (C=O) groups excluding carboxylic acids is 1. The molecule has 3 nitrogen and oxygen atoms in total. The maximum Gasteiger partial charge on any atom is 0.255 e. The molecule has 3 heteroatoms. The molecule has 0 aliphatic carbocycles. The molecular formula is C13H14N2O.